The molecule has 0 aliphatic carbocycles. The van der Waals surface area contributed by atoms with E-state index in [-0.39, 0.29) is 5.76 Å². The van der Waals surface area contributed by atoms with Gasteiger partial charge in [-0.25, -0.2) is 9.78 Å². The van der Waals surface area contributed by atoms with Crippen molar-refractivity contribution in [3.8, 4) is 11.5 Å². The zero-order valence-electron chi connectivity index (χ0n) is 11.2. The van der Waals surface area contributed by atoms with Crippen LogP contribution in [0.25, 0.3) is 11.5 Å². The molecule has 0 saturated carbocycles. The molecule has 0 radical (unpaired) electrons. The summed E-state index contributed by atoms with van der Waals surface area (Å²) in [7, 11) is 0. The molecule has 0 unspecified atom stereocenters. The average Bonchev–Trinajstić information content (AvgIpc) is 2.71. The second kappa shape index (κ2) is 5.33. The number of carboxylic acid groups (broad SMARTS) is 1. The Morgan fingerprint density at radius 1 is 1.20 bits per heavy atom. The Balaban J connectivity index is 2.62. The molecule has 6 heteroatoms. The highest BCUT2D eigenvalue weighted by Crippen LogP contribution is 2.32. The zero-order chi connectivity index (χ0) is 15.1. The molecule has 0 fully saturated rings. The molecule has 0 aliphatic rings. The number of hydrogen-bond donors (Lipinski definition) is 1. The third-order valence-corrected chi connectivity index (χ3v) is 3.56. The van der Waals surface area contributed by atoms with E-state index in [1.165, 1.54) is 0 Å². The van der Waals surface area contributed by atoms with Crippen LogP contribution >= 0.6 is 31.9 Å². The molecule has 1 aromatic heterocycles. The van der Waals surface area contributed by atoms with Gasteiger partial charge in [0.2, 0.25) is 11.7 Å². The van der Waals surface area contributed by atoms with Gasteiger partial charge in [-0.3, -0.25) is 0 Å². The maximum Gasteiger partial charge on any atom is 0.373 e. The number of benzene rings is 1. The fraction of sp³-hybridized carbons (Fsp3) is 0.286. The zero-order valence-corrected chi connectivity index (χ0v) is 14.4. The van der Waals surface area contributed by atoms with E-state index in [1.54, 1.807) is 0 Å². The highest BCUT2D eigenvalue weighted by Gasteiger charge is 2.29. The highest BCUT2D eigenvalue weighted by molar-refractivity contribution is 9.11. The first-order chi connectivity index (χ1) is 9.18. The second-order valence-corrected chi connectivity index (χ2v) is 7.24. The van der Waals surface area contributed by atoms with E-state index >= 15 is 0 Å². The van der Waals surface area contributed by atoms with Gasteiger partial charge in [-0.05, 0) is 18.2 Å². The first-order valence-corrected chi connectivity index (χ1v) is 7.48. The van der Waals surface area contributed by atoms with E-state index in [0.717, 1.165) is 8.95 Å². The van der Waals surface area contributed by atoms with Crippen LogP contribution < -0.4 is 0 Å². The van der Waals surface area contributed by atoms with Crippen molar-refractivity contribution in [2.24, 2.45) is 0 Å². The third kappa shape index (κ3) is 3.12. The number of carboxylic acids is 1. The van der Waals surface area contributed by atoms with Crippen molar-refractivity contribution < 1.29 is 14.3 Å². The van der Waals surface area contributed by atoms with Crippen LogP contribution in [0, 0.1) is 0 Å². The number of nitrogens with zero attached hydrogens (tertiary/aromatic N) is 1. The van der Waals surface area contributed by atoms with Crippen LogP contribution in [-0.4, -0.2) is 16.1 Å². The van der Waals surface area contributed by atoms with Crippen LogP contribution in [0.2, 0.25) is 0 Å². The summed E-state index contributed by atoms with van der Waals surface area (Å²) in [5.41, 5.74) is 0.749. The second-order valence-electron chi connectivity index (χ2n) is 5.41. The van der Waals surface area contributed by atoms with Crippen LogP contribution in [0.1, 0.15) is 37.0 Å². The van der Waals surface area contributed by atoms with E-state index in [0.29, 0.717) is 17.1 Å². The fourth-order valence-corrected chi connectivity index (χ4v) is 3.07. The van der Waals surface area contributed by atoms with Gasteiger partial charge in [0.15, 0.2) is 0 Å². The van der Waals surface area contributed by atoms with E-state index in [4.69, 9.17) is 4.42 Å². The summed E-state index contributed by atoms with van der Waals surface area (Å²) in [4.78, 5) is 15.7. The lowest BCUT2D eigenvalue weighted by atomic mass is 9.91. The molecule has 0 amide bonds. The monoisotopic (exact) mass is 401 g/mol. The number of halogens is 2. The first kappa shape index (κ1) is 15.3. The first-order valence-electron chi connectivity index (χ1n) is 5.89. The molecule has 0 aliphatic heterocycles. The van der Waals surface area contributed by atoms with Crippen molar-refractivity contribution in [3.63, 3.8) is 0 Å². The summed E-state index contributed by atoms with van der Waals surface area (Å²) in [6.07, 6.45) is 0. The van der Waals surface area contributed by atoms with E-state index in [2.05, 4.69) is 36.8 Å². The van der Waals surface area contributed by atoms with E-state index in [1.807, 2.05) is 39.0 Å². The fourth-order valence-electron chi connectivity index (χ4n) is 1.77. The number of hydrogen-bond acceptors (Lipinski definition) is 3. The van der Waals surface area contributed by atoms with Crippen molar-refractivity contribution in [1.82, 2.24) is 4.98 Å². The molecule has 1 aromatic carbocycles. The molecule has 20 heavy (non-hydrogen) atoms. The van der Waals surface area contributed by atoms with Crippen LogP contribution in [-0.2, 0) is 5.41 Å². The minimum absolute atomic E-state index is 0.108. The van der Waals surface area contributed by atoms with E-state index < -0.39 is 11.4 Å². The molecule has 2 rings (SSSR count). The summed E-state index contributed by atoms with van der Waals surface area (Å²) in [6, 6.07) is 5.54. The van der Waals surface area contributed by atoms with Gasteiger partial charge >= 0.3 is 5.97 Å². The number of aromatic carboxylic acids is 1. The summed E-state index contributed by atoms with van der Waals surface area (Å²) < 4.78 is 7.16. The van der Waals surface area contributed by atoms with Gasteiger partial charge in [0, 0.05) is 19.9 Å². The Morgan fingerprint density at radius 2 is 1.75 bits per heavy atom. The van der Waals surface area contributed by atoms with Crippen molar-refractivity contribution in [2.75, 3.05) is 0 Å². The smallest absolute Gasteiger partial charge is 0.373 e. The maximum absolute atomic E-state index is 11.3. The Hall–Kier alpha value is -1.14. The van der Waals surface area contributed by atoms with Crippen LogP contribution in [0.5, 0.6) is 0 Å². The summed E-state index contributed by atoms with van der Waals surface area (Å²) in [5.74, 6) is -0.916. The van der Waals surface area contributed by atoms with Gasteiger partial charge in [-0.15, -0.1) is 0 Å². The standard InChI is InChI=1S/C14H13Br2NO3/c1-14(2,3)11-10(13(18)19)20-12(17-11)7-4-8(15)6-9(16)5-7/h4-6H,1-3H3,(H,18,19). The van der Waals surface area contributed by atoms with Crippen LogP contribution in [0.15, 0.2) is 31.6 Å². The molecule has 4 nitrogen and oxygen atoms in total. The molecule has 1 N–H and O–H groups in total. The van der Waals surface area contributed by atoms with Gasteiger partial charge in [-0.1, -0.05) is 52.6 Å². The Morgan fingerprint density at radius 3 is 2.15 bits per heavy atom. The summed E-state index contributed by atoms with van der Waals surface area (Å²) >= 11 is 6.78. The van der Waals surface area contributed by atoms with Gasteiger partial charge in [0.05, 0.1) is 0 Å². The molecule has 1 heterocycles. The normalized spacial score (nSPS) is 11.7. The Kier molecular flexibility index (Phi) is 4.07. The number of carbonyl (C=O) groups is 1. The predicted molar refractivity (Wildman–Crippen MR) is 83.0 cm³/mol. The number of rotatable bonds is 2. The van der Waals surface area contributed by atoms with Crippen molar-refractivity contribution in [1.29, 1.82) is 0 Å². The molecule has 0 spiro atoms. The lowest BCUT2D eigenvalue weighted by Crippen LogP contribution is -2.16. The minimum atomic E-state index is -1.11. The van der Waals surface area contributed by atoms with Crippen molar-refractivity contribution in [3.05, 3.63) is 38.6 Å². The number of oxazole rings is 1. The molecule has 2 aromatic rings. The van der Waals surface area contributed by atoms with Crippen LogP contribution in [0.4, 0.5) is 0 Å². The molecular formula is C14H13Br2NO3. The van der Waals surface area contributed by atoms with Gasteiger partial charge in [-0.2, -0.15) is 0 Å². The molecule has 0 atom stereocenters. The quantitative estimate of drug-likeness (QED) is 0.778. The molecule has 0 bridgehead atoms. The minimum Gasteiger partial charge on any atom is -0.475 e. The highest BCUT2D eigenvalue weighted by atomic mass is 79.9. The summed E-state index contributed by atoms with van der Waals surface area (Å²) in [6.45, 7) is 5.70. The van der Waals surface area contributed by atoms with Gasteiger partial charge in [0.25, 0.3) is 0 Å². The van der Waals surface area contributed by atoms with Crippen LogP contribution in [0.3, 0.4) is 0 Å². The average molecular weight is 403 g/mol. The SMILES string of the molecule is CC(C)(C)c1nc(-c2cc(Br)cc(Br)c2)oc1C(=O)O. The van der Waals surface area contributed by atoms with Crippen molar-refractivity contribution >= 4 is 37.8 Å². The van der Waals surface area contributed by atoms with E-state index in [9.17, 15) is 9.90 Å². The molecular weight excluding hydrogens is 390 g/mol. The largest absolute Gasteiger partial charge is 0.475 e. The lowest BCUT2D eigenvalue weighted by Gasteiger charge is -2.14. The Bertz CT molecular complexity index is 651. The topological polar surface area (TPSA) is 63.3 Å². The molecule has 0 saturated heterocycles. The third-order valence-electron chi connectivity index (χ3n) is 2.64. The predicted octanol–water partition coefficient (Wildman–Crippen LogP) is 4.86. The number of aromatic nitrogens is 1. The Labute approximate surface area is 133 Å². The summed E-state index contributed by atoms with van der Waals surface area (Å²) in [5, 5.41) is 9.25. The van der Waals surface area contributed by atoms with Gasteiger partial charge < -0.3 is 9.52 Å². The maximum atomic E-state index is 11.3. The van der Waals surface area contributed by atoms with Gasteiger partial charge in [0.1, 0.15) is 5.69 Å². The van der Waals surface area contributed by atoms with Crippen molar-refractivity contribution in [2.45, 2.75) is 26.2 Å². The lowest BCUT2D eigenvalue weighted by molar-refractivity contribution is 0.0659. The molecule has 106 valence electrons.